The zero-order valence-electron chi connectivity index (χ0n) is 20.9. The molecule has 2 amide bonds. The van der Waals surface area contributed by atoms with Gasteiger partial charge in [-0.15, -0.1) is 0 Å². The Labute approximate surface area is 216 Å². The second kappa shape index (κ2) is 11.0. The van der Waals surface area contributed by atoms with Crippen molar-refractivity contribution in [1.29, 1.82) is 5.26 Å². The second-order valence-electron chi connectivity index (χ2n) is 9.71. The predicted octanol–water partition coefficient (Wildman–Crippen LogP) is 4.33. The van der Waals surface area contributed by atoms with Gasteiger partial charge in [0.15, 0.2) is 0 Å². The van der Waals surface area contributed by atoms with Crippen LogP contribution in [0.25, 0.3) is 10.9 Å². The number of pyridine rings is 1. The molecular weight excluding hydrogens is 470 g/mol. The molecule has 2 aliphatic rings. The van der Waals surface area contributed by atoms with Crippen LogP contribution in [0.5, 0.6) is 17.2 Å². The van der Waals surface area contributed by atoms with E-state index in [1.165, 1.54) is 0 Å². The lowest BCUT2D eigenvalue weighted by Gasteiger charge is -2.20. The van der Waals surface area contributed by atoms with Gasteiger partial charge in [0.25, 0.3) is 0 Å². The van der Waals surface area contributed by atoms with E-state index in [4.69, 9.17) is 9.47 Å². The van der Waals surface area contributed by atoms with Crippen molar-refractivity contribution < 1.29 is 19.4 Å². The number of nitriles is 1. The Morgan fingerprint density at radius 2 is 2.03 bits per heavy atom. The van der Waals surface area contributed by atoms with E-state index < -0.39 is 6.10 Å². The quantitative estimate of drug-likeness (QED) is 0.399. The Balaban J connectivity index is 1.29. The first kappa shape index (κ1) is 24.8. The Kier molecular flexibility index (Phi) is 7.40. The first-order valence-corrected chi connectivity index (χ1v) is 12.7. The molecule has 1 aliphatic heterocycles. The summed E-state index contributed by atoms with van der Waals surface area (Å²) < 4.78 is 12.0. The van der Waals surface area contributed by atoms with Crippen LogP contribution in [0.4, 0.5) is 10.5 Å². The maximum atomic E-state index is 12.1. The third-order valence-electron chi connectivity index (χ3n) is 6.61. The van der Waals surface area contributed by atoms with Crippen molar-refractivity contribution in [3.05, 3.63) is 53.7 Å². The highest BCUT2D eigenvalue weighted by Gasteiger charge is 2.23. The van der Waals surface area contributed by atoms with Gasteiger partial charge in [-0.2, -0.15) is 5.26 Å². The molecule has 1 aromatic heterocycles. The number of carbonyl (C=O) groups is 1. The fraction of sp³-hybridized carbons (Fsp3) is 0.393. The number of fused-ring (bicyclic) bond motifs is 1. The first-order valence-electron chi connectivity index (χ1n) is 12.7. The molecule has 9 nitrogen and oxygen atoms in total. The van der Waals surface area contributed by atoms with Crippen molar-refractivity contribution >= 4 is 22.6 Å². The van der Waals surface area contributed by atoms with Gasteiger partial charge in [0.1, 0.15) is 36.0 Å². The molecule has 1 saturated heterocycles. The lowest BCUT2D eigenvalue weighted by Crippen LogP contribution is -2.33. The summed E-state index contributed by atoms with van der Waals surface area (Å²) in [6.07, 6.45) is 5.38. The van der Waals surface area contributed by atoms with Crippen LogP contribution in [0, 0.1) is 18.3 Å². The molecule has 5 rings (SSSR count). The number of carbonyl (C=O) groups excluding carboxylic acids is 1. The number of hydrogen-bond acceptors (Lipinski definition) is 7. The molecule has 2 heterocycles. The van der Waals surface area contributed by atoms with E-state index >= 15 is 0 Å². The third-order valence-corrected chi connectivity index (χ3v) is 6.61. The Morgan fingerprint density at radius 3 is 2.76 bits per heavy atom. The molecule has 3 aromatic rings. The molecule has 0 bridgehead atoms. The second-order valence-corrected chi connectivity index (χ2v) is 9.71. The smallest absolute Gasteiger partial charge is 0.319 e. The van der Waals surface area contributed by atoms with Gasteiger partial charge in [-0.25, -0.2) is 4.79 Å². The molecule has 192 valence electrons. The monoisotopic (exact) mass is 501 g/mol. The van der Waals surface area contributed by atoms with E-state index in [-0.39, 0.29) is 18.7 Å². The summed E-state index contributed by atoms with van der Waals surface area (Å²) in [7, 11) is 0. The summed E-state index contributed by atoms with van der Waals surface area (Å²) in [5, 5.41) is 26.6. The molecule has 1 saturated carbocycles. The van der Waals surface area contributed by atoms with Crippen molar-refractivity contribution in [2.75, 3.05) is 31.6 Å². The fourth-order valence-electron chi connectivity index (χ4n) is 4.48. The molecule has 0 radical (unpaired) electrons. The number of ether oxygens (including phenoxy) is 2. The van der Waals surface area contributed by atoms with Crippen molar-refractivity contribution in [2.45, 2.75) is 44.8 Å². The normalized spacial score (nSPS) is 16.2. The van der Waals surface area contributed by atoms with Crippen LogP contribution in [-0.4, -0.2) is 59.4 Å². The van der Waals surface area contributed by atoms with Gasteiger partial charge < -0.3 is 30.1 Å². The van der Waals surface area contributed by atoms with Crippen molar-refractivity contribution in [3.8, 4) is 23.3 Å². The van der Waals surface area contributed by atoms with Crippen LogP contribution in [0.15, 0.2) is 42.6 Å². The molecule has 2 fully saturated rings. The molecule has 1 atom stereocenters. The summed E-state index contributed by atoms with van der Waals surface area (Å²) in [4.78, 5) is 18.7. The van der Waals surface area contributed by atoms with Crippen LogP contribution < -0.4 is 20.1 Å². The van der Waals surface area contributed by atoms with Crippen LogP contribution in [0.2, 0.25) is 0 Å². The van der Waals surface area contributed by atoms with E-state index in [2.05, 4.69) is 26.6 Å². The number of nitrogens with zero attached hydrogens (tertiary/aromatic N) is 3. The molecule has 0 unspecified atom stereocenters. The van der Waals surface area contributed by atoms with Crippen LogP contribution in [-0.2, 0) is 0 Å². The van der Waals surface area contributed by atoms with Crippen LogP contribution >= 0.6 is 0 Å². The predicted molar refractivity (Wildman–Crippen MR) is 140 cm³/mol. The molecule has 37 heavy (non-hydrogen) atoms. The number of urea groups is 1. The van der Waals surface area contributed by atoms with Gasteiger partial charge in [0, 0.05) is 35.9 Å². The van der Waals surface area contributed by atoms with Crippen LogP contribution in [0.3, 0.4) is 0 Å². The maximum absolute atomic E-state index is 12.1. The fourth-order valence-corrected chi connectivity index (χ4v) is 4.48. The van der Waals surface area contributed by atoms with Gasteiger partial charge in [-0.05, 0) is 81.6 Å². The molecular formula is C28H31N5O4. The van der Waals surface area contributed by atoms with Gasteiger partial charge >= 0.3 is 6.03 Å². The number of aliphatic hydroxyl groups excluding tert-OH is 1. The number of hydrogen-bond donors (Lipinski definition) is 3. The molecule has 2 aromatic carbocycles. The zero-order valence-corrected chi connectivity index (χ0v) is 20.9. The minimum absolute atomic E-state index is 0.102. The molecule has 0 spiro atoms. The summed E-state index contributed by atoms with van der Waals surface area (Å²) in [6.45, 7) is 4.56. The van der Waals surface area contributed by atoms with Gasteiger partial charge in [0.05, 0.1) is 11.1 Å². The number of β-amino-alcohol motifs (C(OH)–C–C–N with tert-alkyl or cyclic N) is 1. The van der Waals surface area contributed by atoms with Gasteiger partial charge in [0.2, 0.25) is 0 Å². The number of rotatable bonds is 9. The topological polar surface area (TPSA) is 120 Å². The SMILES string of the molecule is Cc1cc(Oc2ccnc3cc(OC[C@@H](O)CN4CCCC4)c(C#N)cc23)ccc1NC(=O)NC1CC1. The highest BCUT2D eigenvalue weighted by molar-refractivity contribution is 5.91. The van der Waals surface area contributed by atoms with Gasteiger partial charge in [-0.3, -0.25) is 4.98 Å². The number of aryl methyl sites for hydroxylation is 1. The first-order chi connectivity index (χ1) is 18.0. The van der Waals surface area contributed by atoms with Crippen LogP contribution in [0.1, 0.15) is 36.8 Å². The van der Waals surface area contributed by atoms with E-state index in [1.807, 2.05) is 13.0 Å². The summed E-state index contributed by atoms with van der Waals surface area (Å²) in [5.74, 6) is 1.53. The molecule has 1 aliphatic carbocycles. The third kappa shape index (κ3) is 6.28. The lowest BCUT2D eigenvalue weighted by atomic mass is 10.1. The van der Waals surface area contributed by atoms with Gasteiger partial charge in [-0.1, -0.05) is 0 Å². The number of likely N-dealkylation sites (tertiary alicyclic amines) is 1. The zero-order chi connectivity index (χ0) is 25.8. The highest BCUT2D eigenvalue weighted by atomic mass is 16.5. The van der Waals surface area contributed by atoms with E-state index in [0.717, 1.165) is 44.3 Å². The average molecular weight is 502 g/mol. The van der Waals surface area contributed by atoms with Crippen molar-refractivity contribution in [1.82, 2.24) is 15.2 Å². The number of nitrogens with one attached hydrogen (secondary N) is 2. The lowest BCUT2D eigenvalue weighted by molar-refractivity contribution is 0.0758. The molecule has 3 N–H and O–H groups in total. The highest BCUT2D eigenvalue weighted by Crippen LogP contribution is 2.34. The van der Waals surface area contributed by atoms with Crippen molar-refractivity contribution in [2.24, 2.45) is 0 Å². The number of benzene rings is 2. The Bertz CT molecular complexity index is 1330. The number of aliphatic hydroxyl groups is 1. The minimum atomic E-state index is -0.636. The standard InChI is InChI=1S/C28H31N5O4/c1-18-12-22(6-7-24(18)32-28(35)31-20-4-5-20)37-26-8-9-30-25-14-27(19(15-29)13-23(25)26)36-17-21(34)16-33-10-2-3-11-33/h6-9,12-14,20-21,34H,2-5,10-11,16-17H2,1H3,(H2,31,32,35)/t21-/m0/s1. The van der Waals surface area contributed by atoms with E-state index in [9.17, 15) is 15.2 Å². The number of aromatic nitrogens is 1. The Hall–Kier alpha value is -3.87. The summed E-state index contributed by atoms with van der Waals surface area (Å²) in [6, 6.07) is 12.9. The number of anilines is 1. The maximum Gasteiger partial charge on any atom is 0.319 e. The largest absolute Gasteiger partial charge is 0.489 e. The van der Waals surface area contributed by atoms with E-state index in [0.29, 0.717) is 45.9 Å². The minimum Gasteiger partial charge on any atom is -0.489 e. The Morgan fingerprint density at radius 1 is 1.22 bits per heavy atom. The summed E-state index contributed by atoms with van der Waals surface area (Å²) >= 11 is 0. The average Bonchev–Trinajstić information content (AvgIpc) is 3.55. The summed E-state index contributed by atoms with van der Waals surface area (Å²) in [5.41, 5.74) is 2.54. The molecule has 9 heteroatoms. The van der Waals surface area contributed by atoms with E-state index in [1.54, 1.807) is 36.5 Å². The number of amides is 2. The van der Waals surface area contributed by atoms with Crippen molar-refractivity contribution in [3.63, 3.8) is 0 Å².